The molecule has 0 amide bonds. The van der Waals surface area contributed by atoms with E-state index in [4.69, 9.17) is 0 Å². The Kier molecular flexibility index (Phi) is 16.3. The van der Waals surface area contributed by atoms with Crippen molar-refractivity contribution in [2.45, 2.75) is 104 Å². The maximum atomic E-state index is 2.47. The van der Waals surface area contributed by atoms with Crippen LogP contribution in [0.4, 0.5) is 0 Å². The van der Waals surface area contributed by atoms with Gasteiger partial charge in [0, 0.05) is 0 Å². The van der Waals surface area contributed by atoms with Gasteiger partial charge in [0.15, 0.2) is 0 Å². The third-order valence-electron chi connectivity index (χ3n) is 10.1. The van der Waals surface area contributed by atoms with E-state index in [9.17, 15) is 0 Å². The van der Waals surface area contributed by atoms with Crippen molar-refractivity contribution in [2.75, 3.05) is 0 Å². The first kappa shape index (κ1) is 43.2. The Labute approximate surface area is 336 Å². The fourth-order valence-electron chi connectivity index (χ4n) is 7.17. The van der Waals surface area contributed by atoms with Crippen molar-refractivity contribution in [1.82, 2.24) is 0 Å². The molecule has 7 rings (SSSR count). The van der Waals surface area contributed by atoms with E-state index in [0.29, 0.717) is 5.92 Å². The van der Waals surface area contributed by atoms with Crippen LogP contribution in [-0.4, -0.2) is 5.43 Å². The first-order valence-electron chi connectivity index (χ1n) is 18.4. The summed E-state index contributed by atoms with van der Waals surface area (Å²) in [5.41, 5.74) is 11.5. The number of halogens is 2. The van der Waals surface area contributed by atoms with Crippen LogP contribution >= 0.6 is 0 Å². The molecule has 0 aromatic heterocycles. The van der Waals surface area contributed by atoms with Gasteiger partial charge in [0.2, 0.25) is 0 Å². The zero-order chi connectivity index (χ0) is 35.3. The largest absolute Gasteiger partial charge is 1.00 e. The summed E-state index contributed by atoms with van der Waals surface area (Å²) in [6, 6.07) is 40.9. The second kappa shape index (κ2) is 19.2. The van der Waals surface area contributed by atoms with Crippen molar-refractivity contribution in [1.29, 1.82) is 0 Å². The number of aryl methyl sites for hydroxylation is 1. The first-order chi connectivity index (χ1) is 23.3. The number of fused-ring (bicyclic) bond motifs is 2. The number of hydrogen-bond donors (Lipinski definition) is 0. The molecule has 0 N–H and O–H groups in total. The molecule has 4 heteroatoms. The predicted molar refractivity (Wildman–Crippen MR) is 215 cm³/mol. The minimum Gasteiger partial charge on any atom is -1.00 e. The van der Waals surface area contributed by atoms with E-state index in [0.717, 1.165) is 11.8 Å². The molecule has 0 atom stereocenters. The molecule has 6 aromatic carbocycles. The van der Waals surface area contributed by atoms with E-state index in [2.05, 4.69) is 171 Å². The van der Waals surface area contributed by atoms with Crippen molar-refractivity contribution >= 4 is 27.0 Å². The van der Waals surface area contributed by atoms with Gasteiger partial charge in [0.25, 0.3) is 0 Å². The number of rotatable bonds is 4. The third-order valence-corrected chi connectivity index (χ3v) is 10.1. The van der Waals surface area contributed by atoms with Gasteiger partial charge in [-0.15, -0.1) is 69.1 Å². The summed E-state index contributed by atoms with van der Waals surface area (Å²) in [7, 11) is 0. The molecule has 1 saturated carbocycles. The van der Waals surface area contributed by atoms with E-state index in [1.54, 1.807) is 28.9 Å². The molecule has 0 aliphatic heterocycles. The monoisotopic (exact) mass is 808 g/mol. The van der Waals surface area contributed by atoms with Crippen molar-refractivity contribution in [3.8, 4) is 22.3 Å². The smallest absolute Gasteiger partial charge is 0.0132 e. The fourth-order valence-corrected chi connectivity index (χ4v) is 7.17. The van der Waals surface area contributed by atoms with Crippen LogP contribution in [-0.2, 0) is 28.8 Å². The molecule has 1 aliphatic carbocycles. The van der Waals surface area contributed by atoms with Crippen LogP contribution in [0.25, 0.3) is 43.8 Å². The van der Waals surface area contributed by atoms with Gasteiger partial charge in [-0.25, -0.2) is 0 Å². The maximum absolute atomic E-state index is 2.47. The topological polar surface area (TPSA) is 0 Å². The normalized spacial score (nSPS) is 15.6. The van der Waals surface area contributed by atoms with Crippen LogP contribution in [0.5, 0.6) is 0 Å². The van der Waals surface area contributed by atoms with Gasteiger partial charge < -0.3 is 24.8 Å². The molecule has 0 nitrogen and oxygen atoms in total. The second-order valence-corrected chi connectivity index (χ2v) is 25.4. The van der Waals surface area contributed by atoms with Gasteiger partial charge in [0.1, 0.15) is 0 Å². The van der Waals surface area contributed by atoms with Crippen LogP contribution in [0.2, 0.25) is 13.1 Å². The maximum Gasteiger partial charge on any atom is -0.0132 e. The van der Waals surface area contributed by atoms with E-state index in [1.165, 1.54) is 86.2 Å². The Morgan fingerprint density at radius 3 is 1.65 bits per heavy atom. The first-order valence-corrected chi connectivity index (χ1v) is 24.6. The van der Waals surface area contributed by atoms with E-state index < -0.39 is 0 Å². The van der Waals surface area contributed by atoms with Crippen LogP contribution in [0.3, 0.4) is 0 Å². The Balaban J connectivity index is 0.000000245. The molecule has 1 fully saturated rings. The molecule has 0 radical (unpaired) electrons. The summed E-state index contributed by atoms with van der Waals surface area (Å²) in [5, 5.41) is 5.51. The average molecular weight is 811 g/mol. The molecule has 0 saturated heterocycles. The van der Waals surface area contributed by atoms with Gasteiger partial charge >= 0.3 is 41.9 Å². The van der Waals surface area contributed by atoms with Crippen LogP contribution in [0.15, 0.2) is 109 Å². The van der Waals surface area contributed by atoms with E-state index in [-0.39, 0.29) is 35.7 Å². The van der Waals surface area contributed by atoms with Gasteiger partial charge in [-0.05, 0) is 58.3 Å². The molecule has 0 bridgehead atoms. The molecule has 0 spiro atoms. The molecule has 0 heterocycles. The zero-order valence-corrected chi connectivity index (χ0v) is 37.2. The number of benzene rings is 4. The Morgan fingerprint density at radius 2 is 1.16 bits per heavy atom. The van der Waals surface area contributed by atoms with Crippen molar-refractivity contribution in [3.05, 3.63) is 131 Å². The standard InChI is InChI=1S/C25H29.C20H21.C2H6Si.2ClH.Zr/c1-17(2)19-11-13-21(14-12-19)24-6-4-5-22-15-23(16-25(22)24)20-9-7-18(3)8-10-20;1-14-12-16-6-5-7-18(19(16)13-14)15-8-10-17(11-9-15)20(2,3)4;1-3-2;;;/h4-6,11-18,20H,7-10H2,1-3H3;5-13H,1-4H3;1-2H3;2*1H;/q2*-1;;;;+2/p-2. The molecule has 268 valence electrons. The Morgan fingerprint density at radius 1 is 0.686 bits per heavy atom. The molecular weight excluding hydrogens is 755 g/mol. The van der Waals surface area contributed by atoms with Crippen molar-refractivity contribution in [2.24, 2.45) is 5.92 Å². The van der Waals surface area contributed by atoms with Crippen molar-refractivity contribution in [3.63, 3.8) is 0 Å². The quantitative estimate of drug-likeness (QED) is 0.124. The molecule has 1 aliphatic rings. The summed E-state index contributed by atoms with van der Waals surface area (Å²) in [6.07, 6.45) is 5.48. The molecule has 51 heavy (non-hydrogen) atoms. The molecule has 6 aromatic rings. The number of hydrogen-bond acceptors (Lipinski definition) is 0. The van der Waals surface area contributed by atoms with E-state index in [1.807, 2.05) is 0 Å². The zero-order valence-electron chi connectivity index (χ0n) is 32.2. The minimum atomic E-state index is 0. The Bertz CT molecular complexity index is 1980. The SMILES string of the molecule is CC1CCC(c2cc3c(-c4ccc(C(C)C)cc4)cccc3[cH-]2)CC1.C[Si](C)=[Zr+2].Cc1cc2c(-c3ccc(C(C)(C)C)cc3)cccc2[cH-]1.[Cl-].[Cl-]. The fraction of sp³-hybridized carbons (Fsp3) is 0.362. The van der Waals surface area contributed by atoms with E-state index >= 15 is 0 Å². The second-order valence-electron chi connectivity index (χ2n) is 16.0. The van der Waals surface area contributed by atoms with Gasteiger partial charge in [-0.2, -0.15) is 12.1 Å². The van der Waals surface area contributed by atoms with Gasteiger partial charge in [0.05, 0.1) is 0 Å². The Hall–Kier alpha value is -2.22. The van der Waals surface area contributed by atoms with Gasteiger partial charge in [-0.3, -0.25) is 0 Å². The summed E-state index contributed by atoms with van der Waals surface area (Å²) in [4.78, 5) is 0. The summed E-state index contributed by atoms with van der Waals surface area (Å²) >= 11 is 1.74. The van der Waals surface area contributed by atoms with Crippen molar-refractivity contribution < 1.29 is 48.1 Å². The van der Waals surface area contributed by atoms with Gasteiger partial charge in [-0.1, -0.05) is 133 Å². The summed E-state index contributed by atoms with van der Waals surface area (Å²) in [6.45, 7) is 20.4. The molecule has 0 unspecified atom stereocenters. The summed E-state index contributed by atoms with van der Waals surface area (Å²) in [5.74, 6) is 2.26. The summed E-state index contributed by atoms with van der Waals surface area (Å²) < 4.78 is 0. The molecular formula is C47H56Cl2SiZr-2. The van der Waals surface area contributed by atoms with Crippen LogP contribution < -0.4 is 24.8 Å². The average Bonchev–Trinajstić information content (AvgIpc) is 3.68. The predicted octanol–water partition coefficient (Wildman–Crippen LogP) is 8.27. The third kappa shape index (κ3) is 11.4. The van der Waals surface area contributed by atoms with Crippen LogP contribution in [0.1, 0.15) is 101 Å². The minimum absolute atomic E-state index is 0. The van der Waals surface area contributed by atoms with Crippen LogP contribution in [0, 0.1) is 12.8 Å².